The van der Waals surface area contributed by atoms with Crippen molar-refractivity contribution >= 4 is 40.9 Å². The van der Waals surface area contributed by atoms with Gasteiger partial charge in [0.25, 0.3) is 17.7 Å². The van der Waals surface area contributed by atoms with Crippen LogP contribution in [-0.2, 0) is 16.1 Å². The number of rotatable bonds is 5. The summed E-state index contributed by atoms with van der Waals surface area (Å²) in [4.78, 5) is 64.7. The van der Waals surface area contributed by atoms with Crippen LogP contribution in [0.2, 0.25) is 0 Å². The van der Waals surface area contributed by atoms with Crippen molar-refractivity contribution in [2.24, 2.45) is 0 Å². The third-order valence-corrected chi connectivity index (χ3v) is 6.21. The van der Waals surface area contributed by atoms with Gasteiger partial charge in [-0.3, -0.25) is 28.9 Å². The summed E-state index contributed by atoms with van der Waals surface area (Å²) in [6, 6.07) is 18.4. The summed E-state index contributed by atoms with van der Waals surface area (Å²) in [5.74, 6) is -1.68. The summed E-state index contributed by atoms with van der Waals surface area (Å²) >= 11 is 0. The SMILES string of the molecule is Cc1ccccc1N1C(=O)c2ccc(C(=O)Nc3ccc(CN4C(=O)CCC4=O)cc3)cc2C1=O. The van der Waals surface area contributed by atoms with Crippen LogP contribution < -0.4 is 10.2 Å². The van der Waals surface area contributed by atoms with Gasteiger partial charge in [0.15, 0.2) is 0 Å². The molecule has 5 rings (SSSR count). The van der Waals surface area contributed by atoms with Crippen LogP contribution in [0.4, 0.5) is 11.4 Å². The summed E-state index contributed by atoms with van der Waals surface area (Å²) in [7, 11) is 0. The Labute approximate surface area is 201 Å². The van der Waals surface area contributed by atoms with Gasteiger partial charge in [0.05, 0.1) is 23.4 Å². The lowest BCUT2D eigenvalue weighted by Crippen LogP contribution is -2.29. The van der Waals surface area contributed by atoms with Crippen molar-refractivity contribution in [3.8, 4) is 0 Å². The maximum absolute atomic E-state index is 13.0. The standard InChI is InChI=1S/C27H21N3O5/c1-16-4-2-3-5-22(16)30-26(34)20-11-8-18(14-21(20)27(30)35)25(33)28-19-9-6-17(7-10-19)15-29-23(31)12-13-24(29)32/h2-11,14H,12-13,15H2,1H3,(H,28,33). The second-order valence-electron chi connectivity index (χ2n) is 8.52. The van der Waals surface area contributed by atoms with Gasteiger partial charge < -0.3 is 5.32 Å². The molecule has 0 atom stereocenters. The smallest absolute Gasteiger partial charge is 0.266 e. The first kappa shape index (κ1) is 22.2. The molecule has 0 saturated carbocycles. The molecule has 0 spiro atoms. The summed E-state index contributed by atoms with van der Waals surface area (Å²) in [5.41, 5.74) is 3.27. The minimum Gasteiger partial charge on any atom is -0.322 e. The summed E-state index contributed by atoms with van der Waals surface area (Å²) < 4.78 is 0. The average Bonchev–Trinajstić information content (AvgIpc) is 3.30. The van der Waals surface area contributed by atoms with Gasteiger partial charge in [-0.25, -0.2) is 4.90 Å². The number of anilines is 2. The summed E-state index contributed by atoms with van der Waals surface area (Å²) in [6.45, 7) is 2.02. The molecule has 0 aliphatic carbocycles. The fraction of sp³-hybridized carbons (Fsp3) is 0.148. The molecule has 0 unspecified atom stereocenters. The zero-order valence-corrected chi connectivity index (χ0v) is 18.9. The van der Waals surface area contributed by atoms with Crippen LogP contribution >= 0.6 is 0 Å². The monoisotopic (exact) mass is 467 g/mol. The van der Waals surface area contributed by atoms with E-state index in [0.717, 1.165) is 16.0 Å². The average molecular weight is 467 g/mol. The Kier molecular flexibility index (Phi) is 5.49. The first-order valence-electron chi connectivity index (χ1n) is 11.2. The van der Waals surface area contributed by atoms with Crippen LogP contribution in [-0.4, -0.2) is 34.4 Å². The Balaban J connectivity index is 1.31. The highest BCUT2D eigenvalue weighted by Gasteiger charge is 2.37. The van der Waals surface area contributed by atoms with E-state index in [1.807, 2.05) is 19.1 Å². The minimum absolute atomic E-state index is 0.182. The van der Waals surface area contributed by atoms with Gasteiger partial charge in [-0.1, -0.05) is 30.3 Å². The van der Waals surface area contributed by atoms with E-state index in [9.17, 15) is 24.0 Å². The number of hydrogen-bond donors (Lipinski definition) is 1. The molecule has 1 N–H and O–H groups in total. The third-order valence-electron chi connectivity index (χ3n) is 6.21. The molecule has 174 valence electrons. The number of carbonyl (C=O) groups excluding carboxylic acids is 5. The Morgan fingerprint density at radius 2 is 1.49 bits per heavy atom. The van der Waals surface area contributed by atoms with Crippen molar-refractivity contribution in [3.05, 3.63) is 94.5 Å². The summed E-state index contributed by atoms with van der Waals surface area (Å²) in [5, 5.41) is 2.77. The molecular formula is C27H21N3O5. The van der Waals surface area contributed by atoms with E-state index in [1.54, 1.807) is 36.4 Å². The molecule has 0 aromatic heterocycles. The number of fused-ring (bicyclic) bond motifs is 1. The molecule has 3 aromatic carbocycles. The molecule has 1 fully saturated rings. The molecule has 8 heteroatoms. The highest BCUT2D eigenvalue weighted by Crippen LogP contribution is 2.31. The molecule has 0 bridgehead atoms. The lowest BCUT2D eigenvalue weighted by atomic mass is 10.1. The van der Waals surface area contributed by atoms with Crippen LogP contribution in [0, 0.1) is 6.92 Å². The lowest BCUT2D eigenvalue weighted by molar-refractivity contribution is -0.139. The predicted octanol–water partition coefficient (Wildman–Crippen LogP) is 3.70. The van der Waals surface area contributed by atoms with Crippen LogP contribution in [0.15, 0.2) is 66.7 Å². The van der Waals surface area contributed by atoms with Gasteiger partial charge in [0.2, 0.25) is 11.8 Å². The molecule has 0 radical (unpaired) electrons. The number of aryl methyl sites for hydroxylation is 1. The number of amides is 5. The Morgan fingerprint density at radius 1 is 0.829 bits per heavy atom. The molecule has 2 aliphatic heterocycles. The number of nitrogens with zero attached hydrogens (tertiary/aromatic N) is 2. The van der Waals surface area contributed by atoms with E-state index in [2.05, 4.69) is 5.32 Å². The van der Waals surface area contributed by atoms with Crippen molar-refractivity contribution in [1.29, 1.82) is 0 Å². The predicted molar refractivity (Wildman–Crippen MR) is 128 cm³/mol. The number of para-hydroxylation sites is 1. The molecule has 2 aliphatic rings. The fourth-order valence-electron chi connectivity index (χ4n) is 4.29. The van der Waals surface area contributed by atoms with E-state index in [-0.39, 0.29) is 47.9 Å². The zero-order valence-electron chi connectivity index (χ0n) is 18.9. The van der Waals surface area contributed by atoms with Gasteiger partial charge in [-0.15, -0.1) is 0 Å². The number of imide groups is 2. The topological polar surface area (TPSA) is 104 Å². The van der Waals surface area contributed by atoms with E-state index in [4.69, 9.17) is 0 Å². The zero-order chi connectivity index (χ0) is 24.7. The van der Waals surface area contributed by atoms with Crippen molar-refractivity contribution in [2.45, 2.75) is 26.3 Å². The van der Waals surface area contributed by atoms with E-state index < -0.39 is 17.7 Å². The number of benzene rings is 3. The van der Waals surface area contributed by atoms with Gasteiger partial charge in [0, 0.05) is 24.1 Å². The van der Waals surface area contributed by atoms with Crippen LogP contribution in [0.3, 0.4) is 0 Å². The second-order valence-corrected chi connectivity index (χ2v) is 8.52. The lowest BCUT2D eigenvalue weighted by Gasteiger charge is -2.16. The van der Waals surface area contributed by atoms with Gasteiger partial charge in [-0.2, -0.15) is 0 Å². The maximum Gasteiger partial charge on any atom is 0.266 e. The highest BCUT2D eigenvalue weighted by atomic mass is 16.2. The second kappa shape index (κ2) is 8.64. The third kappa shape index (κ3) is 3.99. The van der Waals surface area contributed by atoms with Crippen LogP contribution in [0.1, 0.15) is 55.0 Å². The number of carbonyl (C=O) groups is 5. The fourth-order valence-corrected chi connectivity index (χ4v) is 4.29. The quantitative estimate of drug-likeness (QED) is 0.577. The van der Waals surface area contributed by atoms with E-state index in [0.29, 0.717) is 11.4 Å². The number of likely N-dealkylation sites (tertiary alicyclic amines) is 1. The first-order valence-corrected chi connectivity index (χ1v) is 11.2. The number of nitrogens with one attached hydrogen (secondary N) is 1. The van der Waals surface area contributed by atoms with Crippen LogP contribution in [0.5, 0.6) is 0 Å². The van der Waals surface area contributed by atoms with Crippen molar-refractivity contribution < 1.29 is 24.0 Å². The van der Waals surface area contributed by atoms with Gasteiger partial charge >= 0.3 is 0 Å². The van der Waals surface area contributed by atoms with Crippen molar-refractivity contribution in [2.75, 3.05) is 10.2 Å². The van der Waals surface area contributed by atoms with E-state index >= 15 is 0 Å². The maximum atomic E-state index is 13.0. The first-order chi connectivity index (χ1) is 16.8. The summed E-state index contributed by atoms with van der Waals surface area (Å²) in [6.07, 6.45) is 0.481. The highest BCUT2D eigenvalue weighted by molar-refractivity contribution is 6.35. The molecule has 3 aromatic rings. The normalized spacial score (nSPS) is 15.1. The molecule has 5 amide bonds. The Morgan fingerprint density at radius 3 is 2.17 bits per heavy atom. The van der Waals surface area contributed by atoms with Gasteiger partial charge in [0.1, 0.15) is 0 Å². The Hall–Kier alpha value is -4.59. The largest absolute Gasteiger partial charge is 0.322 e. The molecule has 1 saturated heterocycles. The molecular weight excluding hydrogens is 446 g/mol. The van der Waals surface area contributed by atoms with E-state index in [1.165, 1.54) is 23.1 Å². The molecule has 2 heterocycles. The van der Waals surface area contributed by atoms with Crippen molar-refractivity contribution in [1.82, 2.24) is 4.90 Å². The minimum atomic E-state index is -0.468. The van der Waals surface area contributed by atoms with Gasteiger partial charge in [-0.05, 0) is 54.4 Å². The van der Waals surface area contributed by atoms with Crippen LogP contribution in [0.25, 0.3) is 0 Å². The molecule has 8 nitrogen and oxygen atoms in total. The molecule has 35 heavy (non-hydrogen) atoms. The Bertz CT molecular complexity index is 1390. The van der Waals surface area contributed by atoms with Crippen molar-refractivity contribution in [3.63, 3.8) is 0 Å². The number of hydrogen-bond acceptors (Lipinski definition) is 5.